The number of benzene rings is 1. The molecule has 1 aromatic carbocycles. The summed E-state index contributed by atoms with van der Waals surface area (Å²) < 4.78 is 26.1. The number of hydrogen-bond donors (Lipinski definition) is 1. The molecule has 0 aliphatic rings. The Morgan fingerprint density at radius 1 is 1.40 bits per heavy atom. The predicted octanol–water partition coefficient (Wildman–Crippen LogP) is 2.58. The van der Waals surface area contributed by atoms with Gasteiger partial charge in [-0.05, 0) is 19.2 Å². The fourth-order valence-electron chi connectivity index (χ4n) is 0.968. The summed E-state index contributed by atoms with van der Waals surface area (Å²) in [6.45, 7) is 0.726. The van der Waals surface area contributed by atoms with Gasteiger partial charge in [-0.1, -0.05) is 23.4 Å². The second kappa shape index (κ2) is 5.69. The summed E-state index contributed by atoms with van der Waals surface area (Å²) in [6, 6.07) is 2.39. The molecule has 0 bridgehead atoms. The maximum absolute atomic E-state index is 13.3. The van der Waals surface area contributed by atoms with E-state index in [1.807, 2.05) is 0 Å². The summed E-state index contributed by atoms with van der Waals surface area (Å²) in [4.78, 5) is 0. The lowest BCUT2D eigenvalue weighted by Crippen LogP contribution is -2.05. The fraction of sp³-hybridized carbons (Fsp3) is 0.273. The van der Waals surface area contributed by atoms with E-state index in [0.717, 1.165) is 12.6 Å². The number of rotatable bonds is 2. The molecule has 0 fully saturated rings. The Labute approximate surface area is 92.4 Å². The van der Waals surface area contributed by atoms with Crippen LogP contribution in [0.5, 0.6) is 0 Å². The van der Waals surface area contributed by atoms with Crippen molar-refractivity contribution in [3.8, 4) is 11.8 Å². The molecule has 0 radical (unpaired) electrons. The summed E-state index contributed by atoms with van der Waals surface area (Å²) in [6.07, 6.45) is 0.602. The molecule has 0 saturated carbocycles. The summed E-state index contributed by atoms with van der Waals surface area (Å²) in [7, 11) is 1.80. The molecule has 0 unspecified atom stereocenters. The summed E-state index contributed by atoms with van der Waals surface area (Å²) >= 11 is 5.39. The van der Waals surface area contributed by atoms with E-state index < -0.39 is 16.7 Å². The lowest BCUT2D eigenvalue weighted by molar-refractivity contribution is 0.582. The highest BCUT2D eigenvalue weighted by Crippen LogP contribution is 2.21. The molecule has 0 heterocycles. The van der Waals surface area contributed by atoms with Gasteiger partial charge in [0.1, 0.15) is 10.8 Å². The first-order valence-electron chi connectivity index (χ1n) is 4.43. The molecule has 0 saturated heterocycles. The van der Waals surface area contributed by atoms with Gasteiger partial charge < -0.3 is 5.32 Å². The normalized spacial score (nSPS) is 9.60. The Morgan fingerprint density at radius 3 is 2.80 bits per heavy atom. The first-order chi connectivity index (χ1) is 7.16. The molecule has 0 aliphatic carbocycles. The van der Waals surface area contributed by atoms with Crippen LogP contribution >= 0.6 is 11.6 Å². The van der Waals surface area contributed by atoms with Gasteiger partial charge in [-0.3, -0.25) is 0 Å². The molecule has 0 atom stereocenters. The maximum Gasteiger partial charge on any atom is 0.160 e. The van der Waals surface area contributed by atoms with Crippen LogP contribution in [0.25, 0.3) is 0 Å². The van der Waals surface area contributed by atoms with Crippen LogP contribution in [0.4, 0.5) is 8.78 Å². The molecule has 1 rings (SSSR count). The average molecular weight is 230 g/mol. The smallest absolute Gasteiger partial charge is 0.160 e. The number of halogens is 3. The molecular weight excluding hydrogens is 220 g/mol. The summed E-state index contributed by atoms with van der Waals surface area (Å²) in [5.41, 5.74) is 0.123. The molecular formula is C11H10ClF2N. The van der Waals surface area contributed by atoms with Gasteiger partial charge in [-0.25, -0.2) is 8.78 Å². The monoisotopic (exact) mass is 229 g/mol. The predicted molar refractivity (Wildman–Crippen MR) is 56.8 cm³/mol. The van der Waals surface area contributed by atoms with Gasteiger partial charge in [0.2, 0.25) is 0 Å². The van der Waals surface area contributed by atoms with E-state index in [1.54, 1.807) is 7.05 Å². The summed E-state index contributed by atoms with van der Waals surface area (Å²) in [5.74, 6) is 3.79. The molecule has 1 N–H and O–H groups in total. The highest BCUT2D eigenvalue weighted by Gasteiger charge is 2.09. The van der Waals surface area contributed by atoms with Crippen molar-refractivity contribution in [2.75, 3.05) is 13.6 Å². The van der Waals surface area contributed by atoms with Crippen LogP contribution in [0.3, 0.4) is 0 Å². The topological polar surface area (TPSA) is 12.0 Å². The molecule has 0 aliphatic heterocycles. The van der Waals surface area contributed by atoms with Crippen LogP contribution in [0, 0.1) is 23.5 Å². The van der Waals surface area contributed by atoms with Gasteiger partial charge in [0.25, 0.3) is 0 Å². The lowest BCUT2D eigenvalue weighted by Gasteiger charge is -1.98. The van der Waals surface area contributed by atoms with Gasteiger partial charge in [-0.15, -0.1) is 0 Å². The second-order valence-electron chi connectivity index (χ2n) is 2.88. The van der Waals surface area contributed by atoms with Crippen LogP contribution in [-0.2, 0) is 0 Å². The van der Waals surface area contributed by atoms with E-state index in [2.05, 4.69) is 17.2 Å². The Balaban J connectivity index is 2.85. The minimum absolute atomic E-state index is 0.123. The maximum atomic E-state index is 13.3. The first-order valence-corrected chi connectivity index (χ1v) is 4.81. The van der Waals surface area contributed by atoms with E-state index in [4.69, 9.17) is 11.6 Å². The van der Waals surface area contributed by atoms with Crippen LogP contribution in [-0.4, -0.2) is 13.6 Å². The quantitative estimate of drug-likeness (QED) is 0.467. The third-order valence-electron chi connectivity index (χ3n) is 1.76. The van der Waals surface area contributed by atoms with E-state index in [1.165, 1.54) is 6.07 Å². The Kier molecular flexibility index (Phi) is 4.54. The molecule has 0 amide bonds. The van der Waals surface area contributed by atoms with Gasteiger partial charge in [0, 0.05) is 13.0 Å². The minimum Gasteiger partial charge on any atom is -0.319 e. The summed E-state index contributed by atoms with van der Waals surface area (Å²) in [5, 5.41) is 2.40. The van der Waals surface area contributed by atoms with Gasteiger partial charge in [-0.2, -0.15) is 0 Å². The zero-order valence-electron chi connectivity index (χ0n) is 8.20. The van der Waals surface area contributed by atoms with Crippen molar-refractivity contribution in [3.63, 3.8) is 0 Å². The largest absolute Gasteiger partial charge is 0.319 e. The number of nitrogens with one attached hydrogen (secondary N) is 1. The Hall–Kier alpha value is -1.11. The molecule has 0 spiro atoms. The third kappa shape index (κ3) is 3.19. The molecule has 1 aromatic rings. The average Bonchev–Trinajstić information content (AvgIpc) is 2.24. The van der Waals surface area contributed by atoms with E-state index in [9.17, 15) is 8.78 Å². The van der Waals surface area contributed by atoms with Crippen LogP contribution < -0.4 is 5.32 Å². The third-order valence-corrected chi connectivity index (χ3v) is 2.10. The van der Waals surface area contributed by atoms with Crippen molar-refractivity contribution in [2.45, 2.75) is 6.42 Å². The fourth-order valence-corrected chi connectivity index (χ4v) is 1.13. The highest BCUT2D eigenvalue weighted by atomic mass is 35.5. The van der Waals surface area contributed by atoms with E-state index in [0.29, 0.717) is 6.42 Å². The van der Waals surface area contributed by atoms with E-state index in [-0.39, 0.29) is 5.56 Å². The van der Waals surface area contributed by atoms with Crippen molar-refractivity contribution in [3.05, 3.63) is 34.4 Å². The van der Waals surface area contributed by atoms with Crippen LogP contribution in [0.2, 0.25) is 5.02 Å². The SMILES string of the molecule is CNCCC#Cc1ccc(F)c(Cl)c1F. The standard InChI is InChI=1S/C11H10ClF2N/c1-15-7-3-2-4-8-5-6-9(13)10(12)11(8)14/h5-6,15H,3,7H2,1H3. The molecule has 4 heteroatoms. The van der Waals surface area contributed by atoms with Crippen molar-refractivity contribution in [1.82, 2.24) is 5.32 Å². The lowest BCUT2D eigenvalue weighted by atomic mass is 10.2. The van der Waals surface area contributed by atoms with Crippen molar-refractivity contribution < 1.29 is 8.78 Å². The Bertz CT molecular complexity index is 407. The van der Waals surface area contributed by atoms with Gasteiger partial charge in [0.15, 0.2) is 5.82 Å². The van der Waals surface area contributed by atoms with Crippen LogP contribution in [0.1, 0.15) is 12.0 Å². The minimum atomic E-state index is -0.798. The molecule has 1 nitrogen and oxygen atoms in total. The van der Waals surface area contributed by atoms with Crippen molar-refractivity contribution in [2.24, 2.45) is 0 Å². The Morgan fingerprint density at radius 2 is 2.13 bits per heavy atom. The van der Waals surface area contributed by atoms with Gasteiger partial charge >= 0.3 is 0 Å². The number of hydrogen-bond acceptors (Lipinski definition) is 1. The molecule has 0 aromatic heterocycles. The molecule has 15 heavy (non-hydrogen) atoms. The van der Waals surface area contributed by atoms with E-state index >= 15 is 0 Å². The zero-order valence-corrected chi connectivity index (χ0v) is 8.96. The zero-order chi connectivity index (χ0) is 11.3. The van der Waals surface area contributed by atoms with Crippen molar-refractivity contribution in [1.29, 1.82) is 0 Å². The van der Waals surface area contributed by atoms with Gasteiger partial charge in [0.05, 0.1) is 5.56 Å². The molecule has 80 valence electrons. The van der Waals surface area contributed by atoms with Crippen molar-refractivity contribution >= 4 is 11.6 Å². The first kappa shape index (κ1) is 12.0. The second-order valence-corrected chi connectivity index (χ2v) is 3.26. The van der Waals surface area contributed by atoms with Crippen LogP contribution in [0.15, 0.2) is 12.1 Å². The highest BCUT2D eigenvalue weighted by molar-refractivity contribution is 6.31.